The van der Waals surface area contributed by atoms with E-state index < -0.39 is 6.29 Å². The van der Waals surface area contributed by atoms with Crippen molar-refractivity contribution in [1.82, 2.24) is 5.32 Å². The zero-order valence-corrected chi connectivity index (χ0v) is 18.0. The smallest absolute Gasteiger partial charge is 0.203 e. The molecular formula is C22H29NO7. The molecule has 0 fully saturated rings. The highest BCUT2D eigenvalue weighted by atomic mass is 16.7. The summed E-state index contributed by atoms with van der Waals surface area (Å²) in [5.41, 5.74) is 1.91. The molecule has 1 heterocycles. The fourth-order valence-corrected chi connectivity index (χ4v) is 3.41. The summed E-state index contributed by atoms with van der Waals surface area (Å²) < 4.78 is 38.6. The van der Waals surface area contributed by atoms with Gasteiger partial charge in [0.25, 0.3) is 0 Å². The Hall–Kier alpha value is -2.68. The number of rotatable bonds is 10. The number of ether oxygens (including phenoxy) is 7. The lowest BCUT2D eigenvalue weighted by Crippen LogP contribution is -2.33. The summed E-state index contributed by atoms with van der Waals surface area (Å²) in [5, 5.41) is 3.50. The third-order valence-electron chi connectivity index (χ3n) is 4.93. The maximum atomic E-state index is 5.77. The van der Waals surface area contributed by atoms with Crippen molar-refractivity contribution < 1.29 is 33.2 Å². The third-order valence-corrected chi connectivity index (χ3v) is 4.93. The van der Waals surface area contributed by atoms with Crippen molar-refractivity contribution in [3.8, 4) is 28.7 Å². The van der Waals surface area contributed by atoms with Gasteiger partial charge in [-0.2, -0.15) is 0 Å². The van der Waals surface area contributed by atoms with Crippen LogP contribution in [0, 0.1) is 0 Å². The quantitative estimate of drug-likeness (QED) is 0.589. The Labute approximate surface area is 176 Å². The molecule has 0 aliphatic carbocycles. The Bertz CT molecular complexity index is 813. The average molecular weight is 419 g/mol. The molecule has 0 aromatic heterocycles. The summed E-state index contributed by atoms with van der Waals surface area (Å²) in [6.07, 6.45) is -0.397. The summed E-state index contributed by atoms with van der Waals surface area (Å²) in [5.74, 6) is 3.14. The molecule has 0 saturated carbocycles. The van der Waals surface area contributed by atoms with E-state index >= 15 is 0 Å². The zero-order chi connectivity index (χ0) is 21.5. The van der Waals surface area contributed by atoms with E-state index in [4.69, 9.17) is 33.2 Å². The van der Waals surface area contributed by atoms with Crippen molar-refractivity contribution in [3.05, 3.63) is 41.5 Å². The predicted molar refractivity (Wildman–Crippen MR) is 111 cm³/mol. The number of hydrogen-bond acceptors (Lipinski definition) is 8. The van der Waals surface area contributed by atoms with Crippen molar-refractivity contribution in [2.45, 2.75) is 12.3 Å². The first kappa shape index (κ1) is 22.0. The molecule has 0 spiro atoms. The normalized spacial score (nSPS) is 13.8. The van der Waals surface area contributed by atoms with Crippen molar-refractivity contribution in [3.63, 3.8) is 0 Å². The van der Waals surface area contributed by atoms with E-state index in [1.165, 1.54) is 0 Å². The van der Waals surface area contributed by atoms with Crippen molar-refractivity contribution in [1.29, 1.82) is 0 Å². The van der Waals surface area contributed by atoms with Gasteiger partial charge in [0.1, 0.15) is 13.2 Å². The van der Waals surface area contributed by atoms with Crippen LogP contribution in [0.2, 0.25) is 0 Å². The van der Waals surface area contributed by atoms with Crippen LogP contribution in [0.1, 0.15) is 17.2 Å². The molecule has 8 nitrogen and oxygen atoms in total. The Morgan fingerprint density at radius 2 is 1.43 bits per heavy atom. The van der Waals surface area contributed by atoms with Crippen molar-refractivity contribution in [2.75, 3.05) is 55.3 Å². The highest BCUT2D eigenvalue weighted by molar-refractivity contribution is 5.56. The molecule has 2 aromatic rings. The van der Waals surface area contributed by atoms with Crippen LogP contribution in [0.4, 0.5) is 0 Å². The minimum atomic E-state index is -0.397. The fourth-order valence-electron chi connectivity index (χ4n) is 3.41. The fraction of sp³-hybridized carbons (Fsp3) is 0.455. The second kappa shape index (κ2) is 10.4. The van der Waals surface area contributed by atoms with Gasteiger partial charge in [-0.3, -0.25) is 0 Å². The van der Waals surface area contributed by atoms with Gasteiger partial charge in [0, 0.05) is 20.8 Å². The summed E-state index contributed by atoms with van der Waals surface area (Å²) in [6.45, 7) is 1.53. The second-order valence-corrected chi connectivity index (χ2v) is 6.60. The minimum absolute atomic E-state index is 0.220. The Morgan fingerprint density at radius 1 is 0.800 bits per heavy atom. The molecule has 30 heavy (non-hydrogen) atoms. The maximum absolute atomic E-state index is 5.77. The molecule has 3 rings (SSSR count). The molecule has 1 N–H and O–H groups in total. The first-order chi connectivity index (χ1) is 14.6. The van der Waals surface area contributed by atoms with Crippen LogP contribution < -0.4 is 29.0 Å². The number of methoxy groups -OCH3 is 5. The molecule has 1 aliphatic rings. The van der Waals surface area contributed by atoms with Crippen LogP contribution in [-0.2, 0) is 9.47 Å². The van der Waals surface area contributed by atoms with Gasteiger partial charge < -0.3 is 38.5 Å². The van der Waals surface area contributed by atoms with E-state index in [2.05, 4.69) is 5.32 Å². The van der Waals surface area contributed by atoms with Gasteiger partial charge in [-0.1, -0.05) is 6.07 Å². The van der Waals surface area contributed by atoms with Gasteiger partial charge in [0.05, 0.1) is 27.4 Å². The third kappa shape index (κ3) is 4.72. The molecule has 0 saturated heterocycles. The lowest BCUT2D eigenvalue weighted by molar-refractivity contribution is -0.0995. The number of benzene rings is 2. The van der Waals surface area contributed by atoms with Crippen molar-refractivity contribution in [2.24, 2.45) is 0 Å². The maximum Gasteiger partial charge on any atom is 0.203 e. The minimum Gasteiger partial charge on any atom is -0.493 e. The van der Waals surface area contributed by atoms with Crippen LogP contribution in [0.5, 0.6) is 28.7 Å². The lowest BCUT2D eigenvalue weighted by atomic mass is 9.97. The monoisotopic (exact) mass is 419 g/mol. The van der Waals surface area contributed by atoms with Gasteiger partial charge in [-0.05, 0) is 35.4 Å². The van der Waals surface area contributed by atoms with Crippen LogP contribution in [-0.4, -0.2) is 61.6 Å². The van der Waals surface area contributed by atoms with Crippen LogP contribution in [0.15, 0.2) is 30.3 Å². The van der Waals surface area contributed by atoms with Crippen LogP contribution in [0.25, 0.3) is 0 Å². The number of nitrogens with one attached hydrogen (secondary N) is 1. The van der Waals surface area contributed by atoms with Crippen LogP contribution in [0.3, 0.4) is 0 Å². The summed E-state index contributed by atoms with van der Waals surface area (Å²) in [6, 6.07) is 9.52. The molecule has 8 heteroatoms. The van der Waals surface area contributed by atoms with Gasteiger partial charge in [0.2, 0.25) is 5.75 Å². The molecule has 2 aromatic carbocycles. The van der Waals surface area contributed by atoms with Gasteiger partial charge in [-0.15, -0.1) is 0 Å². The number of hydrogen-bond donors (Lipinski definition) is 1. The van der Waals surface area contributed by atoms with Gasteiger partial charge >= 0.3 is 0 Å². The lowest BCUT2D eigenvalue weighted by Gasteiger charge is -2.26. The largest absolute Gasteiger partial charge is 0.493 e. The summed E-state index contributed by atoms with van der Waals surface area (Å²) in [4.78, 5) is 0. The molecule has 0 radical (unpaired) electrons. The topological polar surface area (TPSA) is 76.6 Å². The Balaban J connectivity index is 2.03. The Morgan fingerprint density at radius 3 is 2.00 bits per heavy atom. The van der Waals surface area contributed by atoms with E-state index in [1.54, 1.807) is 35.5 Å². The van der Waals surface area contributed by atoms with Gasteiger partial charge in [0.15, 0.2) is 29.3 Å². The molecule has 0 bridgehead atoms. The first-order valence-electron chi connectivity index (χ1n) is 9.63. The van der Waals surface area contributed by atoms with E-state index in [0.29, 0.717) is 42.8 Å². The predicted octanol–water partition coefficient (Wildman–Crippen LogP) is 2.78. The van der Waals surface area contributed by atoms with E-state index in [-0.39, 0.29) is 6.04 Å². The molecule has 0 amide bonds. The molecule has 1 unspecified atom stereocenters. The number of fused-ring (bicyclic) bond motifs is 1. The summed E-state index contributed by atoms with van der Waals surface area (Å²) in [7, 11) is 7.99. The van der Waals surface area contributed by atoms with E-state index in [9.17, 15) is 0 Å². The summed E-state index contributed by atoms with van der Waals surface area (Å²) >= 11 is 0. The Kier molecular flexibility index (Phi) is 7.62. The SMILES string of the molecule is COc1cc(C(NCC(OC)OC)c2ccc3c(c2)OCCO3)cc(OC)c1OC. The molecule has 164 valence electrons. The highest BCUT2D eigenvalue weighted by Gasteiger charge is 2.23. The molecule has 1 atom stereocenters. The van der Waals surface area contributed by atoms with E-state index in [1.807, 2.05) is 30.3 Å². The average Bonchev–Trinajstić information content (AvgIpc) is 2.80. The highest BCUT2D eigenvalue weighted by Crippen LogP contribution is 2.42. The van der Waals surface area contributed by atoms with Gasteiger partial charge in [-0.25, -0.2) is 0 Å². The molecule has 1 aliphatic heterocycles. The second-order valence-electron chi connectivity index (χ2n) is 6.60. The standard InChI is InChI=1S/C22H29NO7/c1-24-18-11-15(12-19(25-2)22(18)28-5)21(23-13-20(26-3)27-4)14-6-7-16-17(10-14)30-9-8-29-16/h6-7,10-12,20-21,23H,8-9,13H2,1-5H3. The zero-order valence-electron chi connectivity index (χ0n) is 18.0. The first-order valence-corrected chi connectivity index (χ1v) is 9.63. The van der Waals surface area contributed by atoms with Crippen LogP contribution >= 0.6 is 0 Å². The molecular weight excluding hydrogens is 390 g/mol. The van der Waals surface area contributed by atoms with E-state index in [0.717, 1.165) is 16.9 Å². The van der Waals surface area contributed by atoms with Crippen molar-refractivity contribution >= 4 is 0 Å².